The van der Waals surface area contributed by atoms with Crippen LogP contribution in [0.5, 0.6) is 0 Å². The minimum absolute atomic E-state index is 0.677. The zero-order valence-electron chi connectivity index (χ0n) is 7.63. The van der Waals surface area contributed by atoms with Crippen molar-refractivity contribution < 1.29 is 4.74 Å². The Morgan fingerprint density at radius 3 is 2.33 bits per heavy atom. The van der Waals surface area contributed by atoms with E-state index in [0.29, 0.717) is 6.61 Å². The minimum atomic E-state index is 0.677. The fourth-order valence-corrected chi connectivity index (χ4v) is 1.05. The summed E-state index contributed by atoms with van der Waals surface area (Å²) in [6.45, 7) is 6.55. The highest BCUT2D eigenvalue weighted by atomic mass is 16.5. The summed E-state index contributed by atoms with van der Waals surface area (Å²) in [5, 5.41) is 0. The molecule has 0 radical (unpaired) electrons. The molecule has 1 heteroatoms. The average molecular weight is 162 g/mol. The first-order chi connectivity index (χ1) is 5.74. The molecule has 12 heavy (non-hydrogen) atoms. The third-order valence-corrected chi connectivity index (χ3v) is 1.76. The lowest BCUT2D eigenvalue weighted by atomic mass is 10.1. The fraction of sp³-hybridized carbons (Fsp3) is 0.273. The van der Waals surface area contributed by atoms with E-state index in [1.54, 1.807) is 7.11 Å². The van der Waals surface area contributed by atoms with E-state index in [1.165, 1.54) is 11.1 Å². The van der Waals surface area contributed by atoms with Gasteiger partial charge in [0.2, 0.25) is 0 Å². The second kappa shape index (κ2) is 4.07. The van der Waals surface area contributed by atoms with Crippen LogP contribution in [0.2, 0.25) is 0 Å². The summed E-state index contributed by atoms with van der Waals surface area (Å²) in [6, 6.07) is 8.26. The second-order valence-corrected chi connectivity index (χ2v) is 2.91. The SMILES string of the molecule is C=C(C)c1ccc(COC)cc1. The van der Waals surface area contributed by atoms with Gasteiger partial charge in [0.05, 0.1) is 6.61 Å². The molecule has 0 bridgehead atoms. The predicted molar refractivity (Wildman–Crippen MR) is 51.9 cm³/mol. The van der Waals surface area contributed by atoms with Gasteiger partial charge in [-0.15, -0.1) is 0 Å². The summed E-state index contributed by atoms with van der Waals surface area (Å²) < 4.78 is 5.01. The molecule has 0 saturated heterocycles. The zero-order valence-corrected chi connectivity index (χ0v) is 7.63. The molecule has 1 aromatic carbocycles. The third-order valence-electron chi connectivity index (χ3n) is 1.76. The summed E-state index contributed by atoms with van der Waals surface area (Å²) in [6.07, 6.45) is 0. The Labute approximate surface area is 73.7 Å². The van der Waals surface area contributed by atoms with Crippen molar-refractivity contribution in [3.8, 4) is 0 Å². The molecule has 0 aromatic heterocycles. The van der Waals surface area contributed by atoms with Gasteiger partial charge < -0.3 is 4.74 Å². The van der Waals surface area contributed by atoms with Crippen molar-refractivity contribution in [1.82, 2.24) is 0 Å². The third kappa shape index (κ3) is 2.21. The van der Waals surface area contributed by atoms with Gasteiger partial charge in [0.25, 0.3) is 0 Å². The van der Waals surface area contributed by atoms with Crippen LogP contribution >= 0.6 is 0 Å². The van der Waals surface area contributed by atoms with Gasteiger partial charge >= 0.3 is 0 Å². The number of allylic oxidation sites excluding steroid dienone is 1. The molecule has 0 N–H and O–H groups in total. The number of hydrogen-bond acceptors (Lipinski definition) is 1. The first kappa shape index (κ1) is 9.01. The van der Waals surface area contributed by atoms with E-state index in [9.17, 15) is 0 Å². The number of ether oxygens (including phenoxy) is 1. The molecule has 0 unspecified atom stereocenters. The molecule has 1 nitrogen and oxygen atoms in total. The van der Waals surface area contributed by atoms with Crippen molar-refractivity contribution in [3.63, 3.8) is 0 Å². The van der Waals surface area contributed by atoms with E-state index in [1.807, 2.05) is 6.92 Å². The number of rotatable bonds is 3. The van der Waals surface area contributed by atoms with E-state index in [-0.39, 0.29) is 0 Å². The fourth-order valence-electron chi connectivity index (χ4n) is 1.05. The largest absolute Gasteiger partial charge is 0.380 e. The van der Waals surface area contributed by atoms with Crippen LogP contribution in [0.15, 0.2) is 30.8 Å². The monoisotopic (exact) mass is 162 g/mol. The molecule has 0 aliphatic rings. The van der Waals surface area contributed by atoms with E-state index in [0.717, 1.165) is 5.57 Å². The van der Waals surface area contributed by atoms with Gasteiger partial charge in [-0.05, 0) is 18.1 Å². The van der Waals surface area contributed by atoms with Crippen LogP contribution in [-0.4, -0.2) is 7.11 Å². The Kier molecular flexibility index (Phi) is 3.06. The Morgan fingerprint density at radius 1 is 1.33 bits per heavy atom. The van der Waals surface area contributed by atoms with Gasteiger partial charge in [-0.1, -0.05) is 36.4 Å². The topological polar surface area (TPSA) is 9.23 Å². The number of benzene rings is 1. The van der Waals surface area contributed by atoms with Gasteiger partial charge in [0, 0.05) is 7.11 Å². The lowest BCUT2D eigenvalue weighted by molar-refractivity contribution is 0.185. The quantitative estimate of drug-likeness (QED) is 0.664. The van der Waals surface area contributed by atoms with Crippen LogP contribution in [0.4, 0.5) is 0 Å². The minimum Gasteiger partial charge on any atom is -0.380 e. The van der Waals surface area contributed by atoms with Crippen LogP contribution in [0, 0.1) is 0 Å². The first-order valence-corrected chi connectivity index (χ1v) is 3.98. The number of methoxy groups -OCH3 is 1. The van der Waals surface area contributed by atoms with Gasteiger partial charge in [-0.25, -0.2) is 0 Å². The molecule has 64 valence electrons. The lowest BCUT2D eigenvalue weighted by Gasteiger charge is -2.01. The van der Waals surface area contributed by atoms with E-state index in [4.69, 9.17) is 4.74 Å². The average Bonchev–Trinajstić information content (AvgIpc) is 2.06. The molecular formula is C11H14O. The molecular weight excluding hydrogens is 148 g/mol. The first-order valence-electron chi connectivity index (χ1n) is 3.98. The highest BCUT2D eigenvalue weighted by molar-refractivity contribution is 5.61. The molecule has 0 amide bonds. The maximum atomic E-state index is 5.01. The molecule has 0 fully saturated rings. The van der Waals surface area contributed by atoms with Crippen LogP contribution < -0.4 is 0 Å². The van der Waals surface area contributed by atoms with Crippen LogP contribution in [0.25, 0.3) is 5.57 Å². The maximum Gasteiger partial charge on any atom is 0.0713 e. The summed E-state index contributed by atoms with van der Waals surface area (Å²) in [7, 11) is 1.70. The van der Waals surface area contributed by atoms with Crippen molar-refractivity contribution in [2.24, 2.45) is 0 Å². The second-order valence-electron chi connectivity index (χ2n) is 2.91. The van der Waals surface area contributed by atoms with E-state index in [2.05, 4.69) is 30.8 Å². The smallest absolute Gasteiger partial charge is 0.0713 e. The zero-order chi connectivity index (χ0) is 8.97. The maximum absolute atomic E-state index is 5.01. The van der Waals surface area contributed by atoms with Crippen LogP contribution in [-0.2, 0) is 11.3 Å². The summed E-state index contributed by atoms with van der Waals surface area (Å²) in [4.78, 5) is 0. The number of hydrogen-bond donors (Lipinski definition) is 0. The van der Waals surface area contributed by atoms with Crippen molar-refractivity contribution in [1.29, 1.82) is 0 Å². The molecule has 1 aromatic rings. The molecule has 0 aliphatic heterocycles. The predicted octanol–water partition coefficient (Wildman–Crippen LogP) is 2.87. The standard InChI is InChI=1S/C11H14O/c1-9(2)11-6-4-10(5-7-11)8-12-3/h4-7H,1,8H2,2-3H3. The van der Waals surface area contributed by atoms with Crippen LogP contribution in [0.3, 0.4) is 0 Å². The lowest BCUT2D eigenvalue weighted by Crippen LogP contribution is -1.87. The molecule has 1 rings (SSSR count). The Hall–Kier alpha value is -1.08. The van der Waals surface area contributed by atoms with Gasteiger partial charge in [0.15, 0.2) is 0 Å². The van der Waals surface area contributed by atoms with E-state index >= 15 is 0 Å². The van der Waals surface area contributed by atoms with Crippen molar-refractivity contribution >= 4 is 5.57 Å². The van der Waals surface area contributed by atoms with Gasteiger partial charge in [-0.3, -0.25) is 0 Å². The van der Waals surface area contributed by atoms with Gasteiger partial charge in [-0.2, -0.15) is 0 Å². The molecule has 0 spiro atoms. The molecule has 0 atom stereocenters. The normalized spacial score (nSPS) is 9.83. The van der Waals surface area contributed by atoms with Crippen LogP contribution in [0.1, 0.15) is 18.1 Å². The summed E-state index contributed by atoms with van der Waals surface area (Å²) in [5.74, 6) is 0. The highest BCUT2D eigenvalue weighted by Gasteiger charge is 1.93. The van der Waals surface area contributed by atoms with Crippen molar-refractivity contribution in [2.75, 3.05) is 7.11 Å². The summed E-state index contributed by atoms with van der Waals surface area (Å²) >= 11 is 0. The van der Waals surface area contributed by atoms with Crippen molar-refractivity contribution in [2.45, 2.75) is 13.5 Å². The Balaban J connectivity index is 2.78. The van der Waals surface area contributed by atoms with E-state index < -0.39 is 0 Å². The molecule has 0 aliphatic carbocycles. The molecule has 0 saturated carbocycles. The summed E-state index contributed by atoms with van der Waals surface area (Å²) in [5.41, 5.74) is 3.48. The van der Waals surface area contributed by atoms with Gasteiger partial charge in [0.1, 0.15) is 0 Å². The molecule has 0 heterocycles. The Morgan fingerprint density at radius 2 is 1.92 bits per heavy atom. The Bertz CT molecular complexity index is 259. The van der Waals surface area contributed by atoms with Crippen molar-refractivity contribution in [3.05, 3.63) is 42.0 Å². The highest BCUT2D eigenvalue weighted by Crippen LogP contribution is 2.12.